The van der Waals surface area contributed by atoms with Gasteiger partial charge in [0.15, 0.2) is 0 Å². The van der Waals surface area contributed by atoms with Crippen LogP contribution < -0.4 is 10.9 Å². The Kier molecular flexibility index (Phi) is 4.39. The molecule has 27 heavy (non-hydrogen) atoms. The number of amides is 1. The normalized spacial score (nSPS) is 16.2. The second kappa shape index (κ2) is 6.87. The van der Waals surface area contributed by atoms with Gasteiger partial charge in [-0.1, -0.05) is 12.1 Å². The van der Waals surface area contributed by atoms with Gasteiger partial charge in [0.1, 0.15) is 5.82 Å². The topological polar surface area (TPSA) is 65.2 Å². The van der Waals surface area contributed by atoms with Crippen LogP contribution in [0.25, 0.3) is 10.8 Å². The zero-order chi connectivity index (χ0) is 19.0. The number of rotatable bonds is 3. The highest BCUT2D eigenvalue weighted by molar-refractivity contribution is 5.86. The van der Waals surface area contributed by atoms with E-state index in [1.54, 1.807) is 29.3 Å². The highest BCUT2D eigenvalue weighted by Crippen LogP contribution is 2.31. The molecule has 1 atom stereocenters. The number of aromatic nitrogens is 1. The number of fused-ring (bicyclic) bond motifs is 2. The molecule has 0 spiro atoms. The van der Waals surface area contributed by atoms with Crippen LogP contribution in [0.4, 0.5) is 10.1 Å². The molecule has 0 radical (unpaired) electrons. The highest BCUT2D eigenvalue weighted by atomic mass is 19.1. The van der Waals surface area contributed by atoms with E-state index in [0.717, 1.165) is 16.6 Å². The van der Waals surface area contributed by atoms with E-state index in [-0.39, 0.29) is 29.9 Å². The Morgan fingerprint density at radius 2 is 2.15 bits per heavy atom. The molecule has 0 fully saturated rings. The Balaban J connectivity index is 1.48. The van der Waals surface area contributed by atoms with Crippen molar-refractivity contribution < 1.29 is 9.18 Å². The van der Waals surface area contributed by atoms with Crippen LogP contribution in [0.3, 0.4) is 0 Å². The van der Waals surface area contributed by atoms with E-state index in [0.29, 0.717) is 23.9 Å². The predicted molar refractivity (Wildman–Crippen MR) is 103 cm³/mol. The molecule has 0 aliphatic carbocycles. The number of nitrogens with zero attached hydrogens (tertiary/aromatic N) is 1. The van der Waals surface area contributed by atoms with Crippen LogP contribution in [0.2, 0.25) is 0 Å². The molecule has 1 aliphatic rings. The van der Waals surface area contributed by atoms with Crippen molar-refractivity contribution in [3.63, 3.8) is 0 Å². The molecule has 3 aromatic rings. The quantitative estimate of drug-likeness (QED) is 0.749. The Hall–Kier alpha value is -3.15. The lowest BCUT2D eigenvalue weighted by molar-refractivity contribution is -0.131. The first-order chi connectivity index (χ1) is 13.0. The van der Waals surface area contributed by atoms with Crippen LogP contribution in [0.5, 0.6) is 0 Å². The lowest BCUT2D eigenvalue weighted by Crippen LogP contribution is -2.42. The van der Waals surface area contributed by atoms with Gasteiger partial charge in [-0.2, -0.15) is 0 Å². The molecule has 1 unspecified atom stereocenters. The highest BCUT2D eigenvalue weighted by Gasteiger charge is 2.29. The van der Waals surface area contributed by atoms with Gasteiger partial charge in [0.05, 0.1) is 12.6 Å². The van der Waals surface area contributed by atoms with Crippen molar-refractivity contribution in [2.45, 2.75) is 19.4 Å². The summed E-state index contributed by atoms with van der Waals surface area (Å²) in [7, 11) is 0. The van der Waals surface area contributed by atoms with Gasteiger partial charge in [-0.05, 0) is 54.6 Å². The molecular formula is C21H20FN3O2. The molecule has 2 aromatic carbocycles. The predicted octanol–water partition coefficient (Wildman–Crippen LogP) is 3.23. The number of hydrogen-bond acceptors (Lipinski definition) is 3. The third-order valence-electron chi connectivity index (χ3n) is 5.19. The zero-order valence-electron chi connectivity index (χ0n) is 15.0. The zero-order valence-corrected chi connectivity index (χ0v) is 15.0. The monoisotopic (exact) mass is 365 g/mol. The fraction of sp³-hybridized carbons (Fsp3) is 0.238. The second-order valence-electron chi connectivity index (χ2n) is 6.79. The number of H-pyrrole nitrogens is 1. The number of benzene rings is 2. The fourth-order valence-corrected chi connectivity index (χ4v) is 3.78. The van der Waals surface area contributed by atoms with Crippen LogP contribution in [0.15, 0.2) is 53.5 Å². The van der Waals surface area contributed by atoms with E-state index in [2.05, 4.69) is 10.3 Å². The molecule has 1 amide bonds. The van der Waals surface area contributed by atoms with Gasteiger partial charge in [0.2, 0.25) is 5.91 Å². The standard InChI is InChI=1S/C21H20FN3O2/c1-13-20-14(3-2-4-18(20)22)8-10-25(13)19(26)12-24-16-5-6-17-15(11-16)7-9-23-21(17)27/h2-7,9,11,13,24H,8,10,12H2,1H3,(H,23,27). The number of halogens is 1. The summed E-state index contributed by atoms with van der Waals surface area (Å²) >= 11 is 0. The molecule has 5 nitrogen and oxygen atoms in total. The molecule has 0 bridgehead atoms. The van der Waals surface area contributed by atoms with Gasteiger partial charge >= 0.3 is 0 Å². The molecule has 1 aromatic heterocycles. The molecule has 6 heteroatoms. The molecule has 0 saturated carbocycles. The van der Waals surface area contributed by atoms with Gasteiger partial charge in [0.25, 0.3) is 5.56 Å². The molecule has 2 N–H and O–H groups in total. The lowest BCUT2D eigenvalue weighted by atomic mass is 9.93. The summed E-state index contributed by atoms with van der Waals surface area (Å²) in [4.78, 5) is 28.8. The SMILES string of the molecule is CC1c2c(F)cccc2CCN1C(=O)CNc1ccc2c(=O)[nH]ccc2c1. The van der Waals surface area contributed by atoms with Gasteiger partial charge in [-0.15, -0.1) is 0 Å². The summed E-state index contributed by atoms with van der Waals surface area (Å²) in [5.41, 5.74) is 2.21. The van der Waals surface area contributed by atoms with Gasteiger partial charge in [-0.25, -0.2) is 4.39 Å². The van der Waals surface area contributed by atoms with Gasteiger partial charge < -0.3 is 15.2 Å². The van der Waals surface area contributed by atoms with Crippen molar-refractivity contribution in [3.8, 4) is 0 Å². The first-order valence-corrected chi connectivity index (χ1v) is 8.96. The Labute approximate surface area is 155 Å². The summed E-state index contributed by atoms with van der Waals surface area (Å²) in [5, 5.41) is 4.52. The summed E-state index contributed by atoms with van der Waals surface area (Å²) in [6, 6.07) is 12.0. The lowest BCUT2D eigenvalue weighted by Gasteiger charge is -2.35. The minimum absolute atomic E-state index is 0.0811. The van der Waals surface area contributed by atoms with Crippen LogP contribution in [0.1, 0.15) is 24.1 Å². The third kappa shape index (κ3) is 3.18. The summed E-state index contributed by atoms with van der Waals surface area (Å²) in [6.07, 6.45) is 2.25. The average molecular weight is 365 g/mol. The van der Waals surface area contributed by atoms with Crippen molar-refractivity contribution in [1.82, 2.24) is 9.88 Å². The Bertz CT molecular complexity index is 1080. The molecule has 4 rings (SSSR count). The second-order valence-corrected chi connectivity index (χ2v) is 6.79. The smallest absolute Gasteiger partial charge is 0.255 e. The van der Waals surface area contributed by atoms with E-state index in [9.17, 15) is 14.0 Å². The molecule has 0 saturated heterocycles. The largest absolute Gasteiger partial charge is 0.376 e. The number of anilines is 1. The molecule has 2 heterocycles. The first-order valence-electron chi connectivity index (χ1n) is 8.96. The first kappa shape index (κ1) is 17.3. The van der Waals surface area contributed by atoms with Crippen molar-refractivity contribution >= 4 is 22.4 Å². The van der Waals surface area contributed by atoms with Crippen molar-refractivity contribution in [1.29, 1.82) is 0 Å². The number of carbonyl (C=O) groups excluding carboxylic acids is 1. The number of nitrogens with one attached hydrogen (secondary N) is 2. The summed E-state index contributed by atoms with van der Waals surface area (Å²) < 4.78 is 14.2. The fourth-order valence-electron chi connectivity index (χ4n) is 3.78. The molecule has 1 aliphatic heterocycles. The average Bonchev–Trinajstić information content (AvgIpc) is 2.66. The maximum Gasteiger partial charge on any atom is 0.255 e. The van der Waals surface area contributed by atoms with E-state index >= 15 is 0 Å². The summed E-state index contributed by atoms with van der Waals surface area (Å²) in [5.74, 6) is -0.340. The maximum atomic E-state index is 14.2. The van der Waals surface area contributed by atoms with E-state index in [1.807, 2.05) is 25.1 Å². The van der Waals surface area contributed by atoms with E-state index < -0.39 is 0 Å². The Morgan fingerprint density at radius 3 is 3.00 bits per heavy atom. The van der Waals surface area contributed by atoms with Crippen LogP contribution in [-0.4, -0.2) is 28.9 Å². The minimum Gasteiger partial charge on any atom is -0.376 e. The van der Waals surface area contributed by atoms with E-state index in [1.165, 1.54) is 6.07 Å². The van der Waals surface area contributed by atoms with Gasteiger partial charge in [-0.3, -0.25) is 9.59 Å². The number of carbonyl (C=O) groups is 1. The minimum atomic E-state index is -0.292. The number of pyridine rings is 1. The maximum absolute atomic E-state index is 14.2. The third-order valence-corrected chi connectivity index (χ3v) is 5.19. The van der Waals surface area contributed by atoms with Crippen molar-refractivity contribution in [2.24, 2.45) is 0 Å². The van der Waals surface area contributed by atoms with Crippen LogP contribution >= 0.6 is 0 Å². The van der Waals surface area contributed by atoms with Gasteiger partial charge in [0, 0.05) is 29.4 Å². The molecular weight excluding hydrogens is 345 g/mol. The molecule has 138 valence electrons. The van der Waals surface area contributed by atoms with Crippen molar-refractivity contribution in [3.05, 3.63) is 76.0 Å². The van der Waals surface area contributed by atoms with E-state index in [4.69, 9.17) is 0 Å². The van der Waals surface area contributed by atoms with Crippen molar-refractivity contribution in [2.75, 3.05) is 18.4 Å². The number of aromatic amines is 1. The summed E-state index contributed by atoms with van der Waals surface area (Å²) in [6.45, 7) is 2.55. The Morgan fingerprint density at radius 1 is 1.30 bits per heavy atom. The van der Waals surface area contributed by atoms with Crippen LogP contribution in [0, 0.1) is 5.82 Å². The van der Waals surface area contributed by atoms with Crippen LogP contribution in [-0.2, 0) is 11.2 Å². The number of hydrogen-bond donors (Lipinski definition) is 2.